The third-order valence-corrected chi connectivity index (χ3v) is 8.78. The second-order valence-corrected chi connectivity index (χ2v) is 11.5. The van der Waals surface area contributed by atoms with Crippen molar-refractivity contribution in [3.63, 3.8) is 0 Å². The smallest absolute Gasteiger partial charge is 0.274 e. The van der Waals surface area contributed by atoms with Gasteiger partial charge in [-0.3, -0.25) is 13.9 Å². The van der Waals surface area contributed by atoms with Crippen LogP contribution in [0, 0.1) is 0 Å². The molecule has 0 bridgehead atoms. The fourth-order valence-electron chi connectivity index (χ4n) is 5.08. The highest BCUT2D eigenvalue weighted by atomic mass is 32.3. The largest absolute Gasteiger partial charge is 0.380 e. The molecule has 1 amide bonds. The van der Waals surface area contributed by atoms with Gasteiger partial charge in [-0.1, -0.05) is 30.3 Å². The van der Waals surface area contributed by atoms with Crippen LogP contribution in [0.25, 0.3) is 16.9 Å². The number of nitrogens with zero attached hydrogens (tertiary/aromatic N) is 3. The van der Waals surface area contributed by atoms with Crippen LogP contribution in [0.5, 0.6) is 0 Å². The Morgan fingerprint density at radius 3 is 2.58 bits per heavy atom. The molecule has 190 valence electrons. The number of amides is 1. The first-order valence-electron chi connectivity index (χ1n) is 12.3. The van der Waals surface area contributed by atoms with Crippen molar-refractivity contribution in [2.24, 2.45) is 0 Å². The summed E-state index contributed by atoms with van der Waals surface area (Å²) < 4.78 is 34.6. The number of morpholine rings is 1. The van der Waals surface area contributed by atoms with E-state index in [1.165, 1.54) is 0 Å². The average molecular weight is 511 g/mol. The quantitative estimate of drug-likeness (QED) is 0.482. The molecule has 4 heterocycles. The van der Waals surface area contributed by atoms with E-state index in [1.807, 2.05) is 24.3 Å². The minimum Gasteiger partial charge on any atom is -0.380 e. The summed E-state index contributed by atoms with van der Waals surface area (Å²) in [5, 5.41) is 8.31. The maximum Gasteiger partial charge on any atom is 0.274 e. The molecule has 3 aliphatic rings. The van der Waals surface area contributed by atoms with E-state index >= 15 is 0 Å². The summed E-state index contributed by atoms with van der Waals surface area (Å²) in [5.41, 5.74) is 4.24. The number of rotatable bonds is 5. The van der Waals surface area contributed by atoms with Crippen LogP contribution in [-0.4, -0.2) is 75.3 Å². The summed E-state index contributed by atoms with van der Waals surface area (Å²) in [4.78, 5) is 15.7. The third-order valence-electron chi connectivity index (χ3n) is 7.03. The molecule has 3 aromatic rings. The molecule has 1 aromatic heterocycles. The van der Waals surface area contributed by atoms with Crippen molar-refractivity contribution in [2.75, 3.05) is 39.5 Å². The molecule has 6 rings (SSSR count). The number of aromatic nitrogens is 2. The van der Waals surface area contributed by atoms with Crippen molar-refractivity contribution in [1.82, 2.24) is 20.0 Å². The van der Waals surface area contributed by atoms with Crippen LogP contribution in [0.15, 0.2) is 53.4 Å². The van der Waals surface area contributed by atoms with Crippen LogP contribution in [0.1, 0.15) is 28.0 Å². The molecule has 2 aromatic carbocycles. The maximum absolute atomic E-state index is 13.5. The van der Waals surface area contributed by atoms with Gasteiger partial charge in [0.05, 0.1) is 41.9 Å². The Morgan fingerprint density at radius 2 is 1.83 bits per heavy atom. The van der Waals surface area contributed by atoms with E-state index in [2.05, 4.69) is 17.4 Å². The predicted molar refractivity (Wildman–Crippen MR) is 137 cm³/mol. The Labute approximate surface area is 211 Å². The van der Waals surface area contributed by atoms with E-state index in [0.717, 1.165) is 43.1 Å². The summed E-state index contributed by atoms with van der Waals surface area (Å²) in [7, 11) is -3.10. The summed E-state index contributed by atoms with van der Waals surface area (Å²) >= 11 is 0. The monoisotopic (exact) mass is 510 g/mol. The first-order valence-corrected chi connectivity index (χ1v) is 14.0. The Morgan fingerprint density at radius 1 is 1.06 bits per heavy atom. The van der Waals surface area contributed by atoms with Gasteiger partial charge in [0, 0.05) is 43.4 Å². The average Bonchev–Trinajstić information content (AvgIpc) is 3.56. The van der Waals surface area contributed by atoms with Gasteiger partial charge in [-0.05, 0) is 30.2 Å². The van der Waals surface area contributed by atoms with E-state index in [-0.39, 0.29) is 17.4 Å². The maximum atomic E-state index is 13.5. The molecular formula is C26H30N4O5S. The zero-order chi connectivity index (χ0) is 24.7. The summed E-state index contributed by atoms with van der Waals surface area (Å²) in [5.74, 6) is -0.238. The zero-order valence-electron chi connectivity index (χ0n) is 19.9. The van der Waals surface area contributed by atoms with E-state index < -0.39 is 10.6 Å². The van der Waals surface area contributed by atoms with Crippen LogP contribution in [0.3, 0.4) is 0 Å². The topological polar surface area (TPSA) is 109 Å². The fourth-order valence-corrected chi connectivity index (χ4v) is 6.72. The van der Waals surface area contributed by atoms with Crippen LogP contribution < -0.4 is 5.32 Å². The molecule has 0 aliphatic carbocycles. The Balaban J connectivity index is 1.39. The Kier molecular flexibility index (Phi) is 6.32. The van der Waals surface area contributed by atoms with Gasteiger partial charge in [-0.25, -0.2) is 4.68 Å². The number of hydrogen-bond donors (Lipinski definition) is 3. The fraction of sp³-hybridized carbons (Fsp3) is 0.385. The summed E-state index contributed by atoms with van der Waals surface area (Å²) in [6.45, 7) is 4.23. The van der Waals surface area contributed by atoms with Crippen molar-refractivity contribution in [1.29, 1.82) is 0 Å². The van der Waals surface area contributed by atoms with Gasteiger partial charge in [0.2, 0.25) is 0 Å². The van der Waals surface area contributed by atoms with Crippen molar-refractivity contribution in [3.05, 3.63) is 65.4 Å². The van der Waals surface area contributed by atoms with Gasteiger partial charge >= 0.3 is 0 Å². The van der Waals surface area contributed by atoms with E-state index in [1.54, 1.807) is 21.7 Å². The van der Waals surface area contributed by atoms with Crippen molar-refractivity contribution in [3.8, 4) is 16.9 Å². The second-order valence-electron chi connectivity index (χ2n) is 9.41. The van der Waals surface area contributed by atoms with Crippen LogP contribution in [-0.2, 0) is 21.8 Å². The normalized spacial score (nSPS) is 21.6. The molecule has 3 aliphatic heterocycles. The Bertz CT molecular complexity index is 1260. The molecule has 9 nitrogen and oxygen atoms in total. The van der Waals surface area contributed by atoms with E-state index in [4.69, 9.17) is 14.6 Å². The van der Waals surface area contributed by atoms with Crippen LogP contribution in [0.4, 0.5) is 0 Å². The standard InChI is InChI=1S/C26H30N4O5S/c31-26(29-10-13-34-14-11-29)24-22-17-36(32,33)23-4-2-1-3-21(23)25(22)30(28-24)20-7-5-18(6-8-20)15-27-19-9-12-35-16-19/h1-8,19,27,32-33H,9-17H2. The lowest BCUT2D eigenvalue weighted by atomic mass is 10.0. The molecule has 10 heteroatoms. The van der Waals surface area contributed by atoms with E-state index in [0.29, 0.717) is 48.4 Å². The number of carbonyl (C=O) groups is 1. The van der Waals surface area contributed by atoms with Gasteiger partial charge in [-0.15, -0.1) is 0 Å². The SMILES string of the molecule is O=C(c1nn(-c2ccc(CNC3CCOC3)cc2)c2c1CS(O)(O)c1ccccc1-2)N1CCOCC1. The highest BCUT2D eigenvalue weighted by Crippen LogP contribution is 2.59. The third kappa shape index (κ3) is 4.34. The molecule has 2 saturated heterocycles. The van der Waals surface area contributed by atoms with Crippen molar-refractivity contribution < 1.29 is 23.4 Å². The number of benzene rings is 2. The van der Waals surface area contributed by atoms with Gasteiger partial charge in [-0.2, -0.15) is 15.7 Å². The summed E-state index contributed by atoms with van der Waals surface area (Å²) in [6, 6.07) is 15.8. The van der Waals surface area contributed by atoms with Gasteiger partial charge in [0.25, 0.3) is 5.91 Å². The first-order chi connectivity index (χ1) is 17.5. The van der Waals surface area contributed by atoms with Gasteiger partial charge in [0.1, 0.15) is 0 Å². The molecule has 36 heavy (non-hydrogen) atoms. The van der Waals surface area contributed by atoms with Crippen LogP contribution >= 0.6 is 10.6 Å². The summed E-state index contributed by atoms with van der Waals surface area (Å²) in [6.07, 6.45) is 1.02. The Hall–Kier alpha value is -2.73. The number of hydrogen-bond acceptors (Lipinski definition) is 7. The van der Waals surface area contributed by atoms with Crippen molar-refractivity contribution in [2.45, 2.75) is 29.7 Å². The lowest BCUT2D eigenvalue weighted by Crippen LogP contribution is -2.41. The first kappa shape index (κ1) is 23.7. The highest BCUT2D eigenvalue weighted by Gasteiger charge is 2.37. The molecule has 2 fully saturated rings. The number of fused-ring (bicyclic) bond motifs is 3. The molecule has 1 unspecified atom stereocenters. The minimum absolute atomic E-state index is 0.0315. The highest BCUT2D eigenvalue weighted by molar-refractivity contribution is 8.23. The molecular weight excluding hydrogens is 480 g/mol. The lowest BCUT2D eigenvalue weighted by molar-refractivity contribution is 0.0298. The van der Waals surface area contributed by atoms with E-state index in [9.17, 15) is 13.9 Å². The number of nitrogens with one attached hydrogen (secondary N) is 1. The van der Waals surface area contributed by atoms with Gasteiger partial charge < -0.3 is 19.7 Å². The number of ether oxygens (including phenoxy) is 2. The minimum atomic E-state index is -3.10. The predicted octanol–water partition coefficient (Wildman–Crippen LogP) is 3.51. The molecule has 3 N–H and O–H groups in total. The molecule has 0 radical (unpaired) electrons. The van der Waals surface area contributed by atoms with Crippen molar-refractivity contribution >= 4 is 16.5 Å². The zero-order valence-corrected chi connectivity index (χ0v) is 20.7. The van der Waals surface area contributed by atoms with Crippen LogP contribution in [0.2, 0.25) is 0 Å². The molecule has 0 saturated carbocycles. The lowest BCUT2D eigenvalue weighted by Gasteiger charge is -2.38. The molecule has 1 atom stereocenters. The molecule has 0 spiro atoms. The number of carbonyl (C=O) groups excluding carboxylic acids is 1. The second kappa shape index (κ2) is 9.62. The van der Waals surface area contributed by atoms with Gasteiger partial charge in [0.15, 0.2) is 5.69 Å².